The average molecular weight is 361 g/mol. The monoisotopic (exact) mass is 361 g/mol. The number of benzene rings is 2. The highest BCUT2D eigenvalue weighted by Crippen LogP contribution is 2.38. The lowest BCUT2D eigenvalue weighted by Gasteiger charge is -2.28. The molecule has 0 bridgehead atoms. The zero-order valence-corrected chi connectivity index (χ0v) is 14.9. The van der Waals surface area contributed by atoms with Crippen molar-refractivity contribution in [3.8, 4) is 17.2 Å². The van der Waals surface area contributed by atoms with Crippen molar-refractivity contribution in [2.45, 2.75) is 31.2 Å². The van der Waals surface area contributed by atoms with E-state index < -0.39 is 10.0 Å². The van der Waals surface area contributed by atoms with E-state index in [-0.39, 0.29) is 17.7 Å². The first kappa shape index (κ1) is 16.2. The Morgan fingerprint density at radius 1 is 1.04 bits per heavy atom. The quantitative estimate of drug-likeness (QED) is 0.910. The molecule has 4 rings (SSSR count). The summed E-state index contributed by atoms with van der Waals surface area (Å²) in [6.07, 6.45) is 0.583. The Bertz CT molecular complexity index is 939. The summed E-state index contributed by atoms with van der Waals surface area (Å²) in [7, 11) is -3.71. The van der Waals surface area contributed by atoms with Gasteiger partial charge >= 0.3 is 0 Å². The minimum Gasteiger partial charge on any atom is -0.493 e. The molecule has 0 radical (unpaired) electrons. The Morgan fingerprint density at radius 3 is 2.60 bits per heavy atom. The van der Waals surface area contributed by atoms with Gasteiger partial charge in [-0.1, -0.05) is 18.2 Å². The van der Waals surface area contributed by atoms with Crippen LogP contribution < -0.4 is 18.9 Å². The molecule has 0 unspecified atom stereocenters. The molecule has 6 nitrogen and oxygen atoms in total. The van der Waals surface area contributed by atoms with Crippen molar-refractivity contribution < 1.29 is 22.6 Å². The van der Waals surface area contributed by atoms with Crippen molar-refractivity contribution in [3.63, 3.8) is 0 Å². The fourth-order valence-electron chi connectivity index (χ4n) is 3.27. The number of sulfonamides is 1. The van der Waals surface area contributed by atoms with E-state index in [1.165, 1.54) is 6.07 Å². The number of aryl methyl sites for hydroxylation is 2. The number of fused-ring (bicyclic) bond motifs is 2. The maximum absolute atomic E-state index is 13.0. The molecule has 2 aliphatic heterocycles. The second-order valence-corrected chi connectivity index (χ2v) is 7.96. The van der Waals surface area contributed by atoms with Gasteiger partial charge in [-0.2, -0.15) is 0 Å². The van der Waals surface area contributed by atoms with Gasteiger partial charge in [0, 0.05) is 18.1 Å². The van der Waals surface area contributed by atoms with E-state index in [1.54, 1.807) is 13.0 Å². The van der Waals surface area contributed by atoms with E-state index in [4.69, 9.17) is 14.2 Å². The average Bonchev–Trinajstić information content (AvgIpc) is 3.02. The van der Waals surface area contributed by atoms with Crippen LogP contribution in [0.2, 0.25) is 0 Å². The summed E-state index contributed by atoms with van der Waals surface area (Å²) >= 11 is 0. The minimum absolute atomic E-state index is 0.109. The van der Waals surface area contributed by atoms with Crippen LogP contribution in [0.1, 0.15) is 29.2 Å². The predicted octanol–water partition coefficient (Wildman–Crippen LogP) is 2.83. The highest BCUT2D eigenvalue weighted by molar-refractivity contribution is 7.89. The van der Waals surface area contributed by atoms with Gasteiger partial charge in [0.15, 0.2) is 11.5 Å². The van der Waals surface area contributed by atoms with Crippen LogP contribution in [-0.2, 0) is 10.0 Å². The predicted molar refractivity (Wildman–Crippen MR) is 91.7 cm³/mol. The smallest absolute Gasteiger partial charge is 0.241 e. The molecule has 0 saturated heterocycles. The van der Waals surface area contributed by atoms with Crippen molar-refractivity contribution >= 4 is 10.0 Å². The molecule has 0 amide bonds. The third-order valence-electron chi connectivity index (χ3n) is 4.53. The number of nitrogens with one attached hydrogen (secondary N) is 1. The van der Waals surface area contributed by atoms with Crippen molar-refractivity contribution in [3.05, 3.63) is 47.0 Å². The van der Waals surface area contributed by atoms with Crippen molar-refractivity contribution in [2.75, 3.05) is 13.4 Å². The van der Waals surface area contributed by atoms with Gasteiger partial charge in [-0.15, -0.1) is 0 Å². The first-order chi connectivity index (χ1) is 12.0. The zero-order valence-electron chi connectivity index (χ0n) is 14.0. The Balaban J connectivity index is 1.69. The van der Waals surface area contributed by atoms with E-state index in [0.717, 1.165) is 16.9 Å². The summed E-state index contributed by atoms with van der Waals surface area (Å²) in [6.45, 7) is 4.29. The van der Waals surface area contributed by atoms with Gasteiger partial charge in [-0.3, -0.25) is 0 Å². The normalized spacial score (nSPS) is 18.6. The van der Waals surface area contributed by atoms with Gasteiger partial charge in [0.25, 0.3) is 0 Å². The molecule has 7 heteroatoms. The summed E-state index contributed by atoms with van der Waals surface area (Å²) in [4.78, 5) is 0.206. The number of ether oxygens (including phenoxy) is 3. The molecule has 2 heterocycles. The van der Waals surface area contributed by atoms with Gasteiger partial charge in [-0.25, -0.2) is 13.1 Å². The molecule has 2 aromatic carbocycles. The number of hydrogen-bond acceptors (Lipinski definition) is 5. The van der Waals surface area contributed by atoms with Crippen LogP contribution >= 0.6 is 0 Å². The van der Waals surface area contributed by atoms with Gasteiger partial charge in [-0.05, 0) is 31.0 Å². The molecule has 2 aromatic rings. The summed E-state index contributed by atoms with van der Waals surface area (Å²) in [5.41, 5.74) is 2.49. The summed E-state index contributed by atoms with van der Waals surface area (Å²) < 4.78 is 45.1. The van der Waals surface area contributed by atoms with Gasteiger partial charge in [0.05, 0.1) is 17.5 Å². The number of hydrogen-bond donors (Lipinski definition) is 1. The topological polar surface area (TPSA) is 73.9 Å². The maximum Gasteiger partial charge on any atom is 0.241 e. The van der Waals surface area contributed by atoms with E-state index in [9.17, 15) is 8.42 Å². The molecule has 1 N–H and O–H groups in total. The van der Waals surface area contributed by atoms with E-state index in [1.807, 2.05) is 25.1 Å². The molecule has 132 valence electrons. The van der Waals surface area contributed by atoms with E-state index in [0.29, 0.717) is 30.1 Å². The third kappa shape index (κ3) is 2.83. The first-order valence-corrected chi connectivity index (χ1v) is 9.59. The third-order valence-corrected chi connectivity index (χ3v) is 6.14. The fourth-order valence-corrected chi connectivity index (χ4v) is 4.76. The molecular formula is C18H19NO5S. The summed E-state index contributed by atoms with van der Waals surface area (Å²) in [6, 6.07) is 8.67. The zero-order chi connectivity index (χ0) is 17.6. The second kappa shape index (κ2) is 5.93. The van der Waals surface area contributed by atoms with Crippen molar-refractivity contribution in [2.24, 2.45) is 0 Å². The molecular weight excluding hydrogens is 342 g/mol. The highest BCUT2D eigenvalue weighted by Gasteiger charge is 2.29. The van der Waals surface area contributed by atoms with E-state index >= 15 is 0 Å². The Hall–Kier alpha value is -2.25. The van der Waals surface area contributed by atoms with Crippen molar-refractivity contribution in [1.82, 2.24) is 4.72 Å². The van der Waals surface area contributed by atoms with Crippen LogP contribution in [0.15, 0.2) is 35.2 Å². The lowest BCUT2D eigenvalue weighted by atomic mass is 9.99. The fraction of sp³-hybridized carbons (Fsp3) is 0.333. The molecule has 0 saturated carbocycles. The second-order valence-electron chi connectivity index (χ2n) is 6.28. The first-order valence-electron chi connectivity index (χ1n) is 8.10. The van der Waals surface area contributed by atoms with Gasteiger partial charge in [0.1, 0.15) is 5.75 Å². The Kier molecular flexibility index (Phi) is 3.85. The van der Waals surface area contributed by atoms with Crippen LogP contribution in [0.4, 0.5) is 0 Å². The summed E-state index contributed by atoms with van der Waals surface area (Å²) in [5.74, 6) is 1.79. The Morgan fingerprint density at radius 2 is 1.80 bits per heavy atom. The molecule has 1 atom stereocenters. The van der Waals surface area contributed by atoms with Crippen LogP contribution in [0.3, 0.4) is 0 Å². The lowest BCUT2D eigenvalue weighted by molar-refractivity contribution is 0.174. The molecule has 25 heavy (non-hydrogen) atoms. The Labute approximate surface area is 146 Å². The van der Waals surface area contributed by atoms with Crippen LogP contribution in [0.25, 0.3) is 0 Å². The van der Waals surface area contributed by atoms with Gasteiger partial charge in [0.2, 0.25) is 16.8 Å². The minimum atomic E-state index is -3.71. The molecule has 0 spiro atoms. The van der Waals surface area contributed by atoms with Crippen LogP contribution in [0, 0.1) is 13.8 Å². The van der Waals surface area contributed by atoms with E-state index in [2.05, 4.69) is 4.72 Å². The molecule has 2 aliphatic rings. The largest absolute Gasteiger partial charge is 0.493 e. The number of rotatable bonds is 3. The highest BCUT2D eigenvalue weighted by atomic mass is 32.2. The molecule has 0 fully saturated rings. The van der Waals surface area contributed by atoms with Crippen molar-refractivity contribution in [1.29, 1.82) is 0 Å². The lowest BCUT2D eigenvalue weighted by Crippen LogP contribution is -2.32. The standard InChI is InChI=1S/C18H19NO5S/c1-11-4-3-5-13-14(6-7-22-18(11)13)19-25(20,21)17-9-16-15(8-12(17)2)23-10-24-16/h3-5,8-9,14,19H,6-7,10H2,1-2H3/t14-/m1/s1. The van der Waals surface area contributed by atoms with Crippen LogP contribution in [-0.4, -0.2) is 21.8 Å². The maximum atomic E-state index is 13.0. The van der Waals surface area contributed by atoms with Gasteiger partial charge < -0.3 is 14.2 Å². The molecule has 0 aliphatic carbocycles. The van der Waals surface area contributed by atoms with Crippen LogP contribution in [0.5, 0.6) is 17.2 Å². The SMILES string of the molecule is Cc1cc2c(cc1S(=O)(=O)N[C@@H]1CCOc3c(C)cccc31)OCO2. The number of para-hydroxylation sites is 1. The summed E-state index contributed by atoms with van der Waals surface area (Å²) in [5, 5.41) is 0. The molecule has 0 aromatic heterocycles.